The average molecular weight is 575 g/mol. The van der Waals surface area contributed by atoms with E-state index in [4.69, 9.17) is 27.8 Å². The zero-order chi connectivity index (χ0) is 29.8. The minimum Gasteiger partial charge on any atom is -0.541 e. The van der Waals surface area contributed by atoms with Crippen LogP contribution >= 0.6 is 0 Å². The molecule has 0 amide bonds. The SMILES string of the molecule is CCOc1ccc(/C=C\c2cc(OC)c(OC)c(OC)c2)c(O[Si](C)(C)C(C)(C)C)c1O[Si](C)(C)C(C)(C)C. The van der Waals surface area contributed by atoms with Crippen molar-refractivity contribution in [1.82, 2.24) is 0 Å². The van der Waals surface area contributed by atoms with Crippen LogP contribution in [0.25, 0.3) is 12.2 Å². The first-order chi connectivity index (χ1) is 17.9. The summed E-state index contributed by atoms with van der Waals surface area (Å²) in [7, 11) is 0.381. The number of ether oxygens (including phenoxy) is 4. The number of methoxy groups -OCH3 is 3. The van der Waals surface area contributed by atoms with Crippen LogP contribution in [0.5, 0.6) is 34.5 Å². The monoisotopic (exact) mass is 574 g/mol. The van der Waals surface area contributed by atoms with E-state index in [-0.39, 0.29) is 10.1 Å². The average Bonchev–Trinajstić information content (AvgIpc) is 2.83. The van der Waals surface area contributed by atoms with Crippen molar-refractivity contribution in [2.24, 2.45) is 0 Å². The maximum Gasteiger partial charge on any atom is 0.250 e. The van der Waals surface area contributed by atoms with Crippen molar-refractivity contribution in [2.75, 3.05) is 27.9 Å². The molecule has 0 N–H and O–H groups in total. The van der Waals surface area contributed by atoms with Crippen molar-refractivity contribution in [1.29, 1.82) is 0 Å². The molecule has 39 heavy (non-hydrogen) atoms. The molecular formula is C31H50O6Si2. The van der Waals surface area contributed by atoms with Crippen LogP contribution in [-0.4, -0.2) is 44.6 Å². The maximum absolute atomic E-state index is 7.02. The van der Waals surface area contributed by atoms with Gasteiger partial charge in [-0.1, -0.05) is 53.7 Å². The molecule has 0 saturated carbocycles. The topological polar surface area (TPSA) is 55.4 Å². The predicted octanol–water partition coefficient (Wildman–Crippen LogP) is 9.05. The largest absolute Gasteiger partial charge is 0.541 e. The van der Waals surface area contributed by atoms with Crippen LogP contribution in [0.15, 0.2) is 24.3 Å². The van der Waals surface area contributed by atoms with E-state index in [0.29, 0.717) is 35.4 Å². The summed E-state index contributed by atoms with van der Waals surface area (Å²) in [6.45, 7) is 25.0. The summed E-state index contributed by atoms with van der Waals surface area (Å²) < 4.78 is 36.7. The lowest BCUT2D eigenvalue weighted by atomic mass is 10.1. The van der Waals surface area contributed by atoms with Crippen molar-refractivity contribution < 1.29 is 27.8 Å². The fraction of sp³-hybridized carbons (Fsp3) is 0.548. The second-order valence-corrected chi connectivity index (χ2v) is 22.2. The Morgan fingerprint density at radius 3 is 1.54 bits per heavy atom. The Morgan fingerprint density at radius 1 is 0.641 bits per heavy atom. The van der Waals surface area contributed by atoms with E-state index in [0.717, 1.165) is 16.9 Å². The van der Waals surface area contributed by atoms with Gasteiger partial charge in [0.1, 0.15) is 0 Å². The van der Waals surface area contributed by atoms with E-state index in [1.54, 1.807) is 21.3 Å². The fourth-order valence-corrected chi connectivity index (χ4v) is 5.40. The second kappa shape index (κ2) is 12.3. The highest BCUT2D eigenvalue weighted by atomic mass is 28.4. The molecular weight excluding hydrogens is 525 g/mol. The number of rotatable bonds is 11. The smallest absolute Gasteiger partial charge is 0.250 e. The molecule has 0 spiro atoms. The van der Waals surface area contributed by atoms with Crippen molar-refractivity contribution in [3.8, 4) is 34.5 Å². The molecule has 0 saturated heterocycles. The van der Waals surface area contributed by atoms with Crippen molar-refractivity contribution >= 4 is 28.8 Å². The molecule has 0 aliphatic rings. The first-order valence-electron chi connectivity index (χ1n) is 13.6. The molecule has 0 aliphatic carbocycles. The third-order valence-corrected chi connectivity index (χ3v) is 16.5. The normalized spacial score (nSPS) is 12.9. The van der Waals surface area contributed by atoms with Crippen LogP contribution in [0.3, 0.4) is 0 Å². The number of hydrogen-bond acceptors (Lipinski definition) is 6. The van der Waals surface area contributed by atoms with Crippen molar-refractivity contribution in [2.45, 2.75) is 84.7 Å². The molecule has 8 heteroatoms. The van der Waals surface area contributed by atoms with Gasteiger partial charge in [-0.05, 0) is 73.0 Å². The Kier molecular flexibility index (Phi) is 10.3. The molecule has 0 aromatic heterocycles. The minimum absolute atomic E-state index is 0.000558. The van der Waals surface area contributed by atoms with Crippen molar-refractivity contribution in [3.63, 3.8) is 0 Å². The standard InChI is InChI=1S/C31H50O6Si2/c1-15-35-24-19-18-23(17-16-22-20-25(32-8)28(34-10)26(21-22)33-9)27(36-38(11,12)30(2,3)4)29(24)37-39(13,14)31(5,6)7/h16-21H,15H2,1-14H3/b17-16-. The van der Waals surface area contributed by atoms with Gasteiger partial charge in [-0.3, -0.25) is 0 Å². The van der Waals surface area contributed by atoms with E-state index in [1.165, 1.54) is 0 Å². The molecule has 0 radical (unpaired) electrons. The Morgan fingerprint density at radius 2 is 1.13 bits per heavy atom. The zero-order valence-electron chi connectivity index (χ0n) is 26.6. The molecule has 6 nitrogen and oxygen atoms in total. The van der Waals surface area contributed by atoms with E-state index >= 15 is 0 Å². The van der Waals surface area contributed by atoms with Gasteiger partial charge >= 0.3 is 0 Å². The highest BCUT2D eigenvalue weighted by Gasteiger charge is 2.43. The van der Waals surface area contributed by atoms with Crippen LogP contribution in [0.2, 0.25) is 36.3 Å². The fourth-order valence-electron chi connectivity index (χ4n) is 3.36. The van der Waals surface area contributed by atoms with Gasteiger partial charge in [-0.25, -0.2) is 0 Å². The Balaban J connectivity index is 2.80. The molecule has 0 aliphatic heterocycles. The van der Waals surface area contributed by atoms with Gasteiger partial charge in [0, 0.05) is 5.56 Å². The minimum atomic E-state index is -2.24. The summed E-state index contributed by atoms with van der Waals surface area (Å²) in [5.74, 6) is 3.90. The Hall–Kier alpha value is -2.59. The van der Waals surface area contributed by atoms with Crippen LogP contribution < -0.4 is 27.8 Å². The van der Waals surface area contributed by atoms with Gasteiger partial charge < -0.3 is 27.8 Å². The third kappa shape index (κ3) is 7.54. The predicted molar refractivity (Wildman–Crippen MR) is 168 cm³/mol. The van der Waals surface area contributed by atoms with Gasteiger partial charge in [0.15, 0.2) is 28.7 Å². The maximum atomic E-state index is 7.02. The molecule has 0 atom stereocenters. The highest BCUT2D eigenvalue weighted by Crippen LogP contribution is 2.49. The highest BCUT2D eigenvalue weighted by molar-refractivity contribution is 6.75. The van der Waals surface area contributed by atoms with E-state index in [1.807, 2.05) is 37.3 Å². The second-order valence-electron chi connectivity index (χ2n) is 12.8. The molecule has 2 rings (SSSR count). The van der Waals surface area contributed by atoms with Crippen LogP contribution in [0, 0.1) is 0 Å². The first-order valence-corrected chi connectivity index (χ1v) is 19.4. The lowest BCUT2D eigenvalue weighted by Crippen LogP contribution is -2.46. The summed E-state index contributed by atoms with van der Waals surface area (Å²) in [4.78, 5) is 0. The van der Waals surface area contributed by atoms with Gasteiger partial charge in [0.05, 0.1) is 27.9 Å². The van der Waals surface area contributed by atoms with Gasteiger partial charge in [0.2, 0.25) is 5.75 Å². The zero-order valence-corrected chi connectivity index (χ0v) is 28.6. The van der Waals surface area contributed by atoms with Crippen LogP contribution in [-0.2, 0) is 0 Å². The summed E-state index contributed by atoms with van der Waals surface area (Å²) in [5.41, 5.74) is 1.83. The Bertz CT molecular complexity index is 1130. The summed E-state index contributed by atoms with van der Waals surface area (Å²) in [5, 5.41) is 0.00728. The van der Waals surface area contributed by atoms with E-state index in [2.05, 4.69) is 73.8 Å². The molecule has 0 heterocycles. The van der Waals surface area contributed by atoms with E-state index in [9.17, 15) is 0 Å². The van der Waals surface area contributed by atoms with Gasteiger partial charge in [-0.15, -0.1) is 0 Å². The lowest BCUT2D eigenvalue weighted by molar-refractivity contribution is 0.320. The van der Waals surface area contributed by atoms with Gasteiger partial charge in [0.25, 0.3) is 16.6 Å². The molecule has 0 fully saturated rings. The van der Waals surface area contributed by atoms with E-state index < -0.39 is 16.6 Å². The van der Waals surface area contributed by atoms with Crippen LogP contribution in [0.1, 0.15) is 59.6 Å². The molecule has 0 bridgehead atoms. The number of hydrogen-bond donors (Lipinski definition) is 0. The lowest BCUT2D eigenvalue weighted by Gasteiger charge is -2.40. The quantitative estimate of drug-likeness (QED) is 0.197. The molecule has 218 valence electrons. The molecule has 0 unspecified atom stereocenters. The first kappa shape index (κ1) is 32.6. The van der Waals surface area contributed by atoms with Crippen molar-refractivity contribution in [3.05, 3.63) is 35.4 Å². The van der Waals surface area contributed by atoms with Crippen LogP contribution in [0.4, 0.5) is 0 Å². The molecule has 2 aromatic rings. The van der Waals surface area contributed by atoms with Gasteiger partial charge in [-0.2, -0.15) is 0 Å². The summed E-state index contributed by atoms with van der Waals surface area (Å²) in [6.07, 6.45) is 4.08. The summed E-state index contributed by atoms with van der Waals surface area (Å²) in [6, 6.07) is 7.88. The number of benzene rings is 2. The Labute approximate surface area is 238 Å². The molecule has 2 aromatic carbocycles. The third-order valence-electron chi connectivity index (χ3n) is 7.88. The summed E-state index contributed by atoms with van der Waals surface area (Å²) >= 11 is 0.